The van der Waals surface area contributed by atoms with Gasteiger partial charge in [0.15, 0.2) is 0 Å². The zero-order valence-corrected chi connectivity index (χ0v) is 14.7. The number of rotatable bonds is 4. The molecule has 0 aliphatic carbocycles. The molecule has 122 valence electrons. The average Bonchev–Trinajstić information content (AvgIpc) is 2.93. The largest absolute Gasteiger partial charge is 0.478 e. The molecule has 7 heteroatoms. The third-order valence-electron chi connectivity index (χ3n) is 3.62. The van der Waals surface area contributed by atoms with Crippen molar-refractivity contribution in [2.24, 2.45) is 7.05 Å². The monoisotopic (exact) mass is 386 g/mol. The van der Waals surface area contributed by atoms with Crippen LogP contribution in [-0.2, 0) is 7.05 Å². The van der Waals surface area contributed by atoms with E-state index < -0.39 is 5.97 Å². The zero-order chi connectivity index (χ0) is 17.3. The van der Waals surface area contributed by atoms with Crippen LogP contribution in [-0.4, -0.2) is 25.6 Å². The number of benzene rings is 1. The highest BCUT2D eigenvalue weighted by Gasteiger charge is 2.12. The van der Waals surface area contributed by atoms with Crippen molar-refractivity contribution in [1.82, 2.24) is 14.5 Å². The van der Waals surface area contributed by atoms with Crippen LogP contribution in [0.1, 0.15) is 15.9 Å². The number of carboxylic acid groups (broad SMARTS) is 1. The Morgan fingerprint density at radius 2 is 2.08 bits per heavy atom. The van der Waals surface area contributed by atoms with Gasteiger partial charge in [-0.1, -0.05) is 22.0 Å². The van der Waals surface area contributed by atoms with E-state index in [1.54, 1.807) is 36.1 Å². The van der Waals surface area contributed by atoms with Crippen LogP contribution >= 0.6 is 15.9 Å². The molecule has 0 aliphatic rings. The fraction of sp³-hybridized carbons (Fsp3) is 0.118. The quantitative estimate of drug-likeness (QED) is 0.708. The van der Waals surface area contributed by atoms with Crippen molar-refractivity contribution in [3.63, 3.8) is 0 Å². The lowest BCUT2D eigenvalue weighted by molar-refractivity contribution is 0.0697. The Bertz CT molecular complexity index is 921. The van der Waals surface area contributed by atoms with Crippen LogP contribution in [0.2, 0.25) is 0 Å². The predicted molar refractivity (Wildman–Crippen MR) is 95.6 cm³/mol. The third kappa shape index (κ3) is 3.30. The van der Waals surface area contributed by atoms with Crippen LogP contribution < -0.4 is 5.32 Å². The Morgan fingerprint density at radius 1 is 1.29 bits per heavy atom. The molecule has 1 aromatic carbocycles. The van der Waals surface area contributed by atoms with Crippen molar-refractivity contribution in [3.8, 4) is 11.4 Å². The van der Waals surface area contributed by atoms with Crippen molar-refractivity contribution in [3.05, 3.63) is 58.3 Å². The van der Waals surface area contributed by atoms with Crippen molar-refractivity contribution >= 4 is 33.5 Å². The Balaban J connectivity index is 1.95. The Kier molecular flexibility index (Phi) is 4.35. The van der Waals surface area contributed by atoms with Crippen LogP contribution in [0.25, 0.3) is 11.4 Å². The molecule has 2 aromatic heterocycles. The van der Waals surface area contributed by atoms with Gasteiger partial charge in [-0.2, -0.15) is 0 Å². The summed E-state index contributed by atoms with van der Waals surface area (Å²) >= 11 is 3.45. The van der Waals surface area contributed by atoms with Gasteiger partial charge in [0.05, 0.1) is 17.0 Å². The number of aryl methyl sites for hydroxylation is 2. The summed E-state index contributed by atoms with van der Waals surface area (Å²) in [6.45, 7) is 1.99. The number of aromatic carboxylic acids is 1. The van der Waals surface area contributed by atoms with Crippen LogP contribution in [0.15, 0.2) is 47.2 Å². The molecule has 2 N–H and O–H groups in total. The number of nitrogens with zero attached hydrogens (tertiary/aromatic N) is 3. The second kappa shape index (κ2) is 6.45. The van der Waals surface area contributed by atoms with Gasteiger partial charge in [0.25, 0.3) is 0 Å². The van der Waals surface area contributed by atoms with Crippen molar-refractivity contribution in [2.45, 2.75) is 6.92 Å². The predicted octanol–water partition coefficient (Wildman–Crippen LogP) is 3.99. The van der Waals surface area contributed by atoms with E-state index in [0.29, 0.717) is 17.3 Å². The highest BCUT2D eigenvalue weighted by molar-refractivity contribution is 9.10. The summed E-state index contributed by atoms with van der Waals surface area (Å²) in [5.41, 5.74) is 3.56. The number of nitrogens with one attached hydrogen (secondary N) is 1. The lowest BCUT2D eigenvalue weighted by Crippen LogP contribution is -2.00. The van der Waals surface area contributed by atoms with Gasteiger partial charge in [0.1, 0.15) is 0 Å². The van der Waals surface area contributed by atoms with Gasteiger partial charge >= 0.3 is 5.97 Å². The first-order chi connectivity index (χ1) is 11.4. The number of halogens is 1. The molecule has 0 amide bonds. The van der Waals surface area contributed by atoms with E-state index in [1.807, 2.05) is 25.1 Å². The number of hydrogen-bond donors (Lipinski definition) is 2. The van der Waals surface area contributed by atoms with E-state index in [0.717, 1.165) is 15.7 Å². The topological polar surface area (TPSA) is 80.0 Å². The van der Waals surface area contributed by atoms with Gasteiger partial charge in [-0.05, 0) is 36.8 Å². The van der Waals surface area contributed by atoms with Crippen LogP contribution in [0, 0.1) is 6.92 Å². The summed E-state index contributed by atoms with van der Waals surface area (Å²) in [5, 5.41) is 12.3. The van der Waals surface area contributed by atoms with Gasteiger partial charge in [0, 0.05) is 29.6 Å². The number of anilines is 2. The summed E-state index contributed by atoms with van der Waals surface area (Å²) < 4.78 is 2.69. The molecule has 6 nitrogen and oxygen atoms in total. The third-order valence-corrected chi connectivity index (χ3v) is 4.11. The van der Waals surface area contributed by atoms with E-state index in [-0.39, 0.29) is 5.56 Å². The Hall–Kier alpha value is -2.67. The number of aromatic nitrogens is 3. The van der Waals surface area contributed by atoms with E-state index in [4.69, 9.17) is 5.11 Å². The molecule has 3 rings (SSSR count). The average molecular weight is 387 g/mol. The standard InChI is InChI=1S/C17H15BrN4O2/c1-10-3-4-12(18)8-14(10)21-17-19-6-5-13(20-17)15-7-11(16(23)24)9-22(15)2/h3-9H,1-2H3,(H,23,24)(H,19,20,21). The first-order valence-corrected chi connectivity index (χ1v) is 7.99. The Labute approximate surface area is 147 Å². The molecular formula is C17H15BrN4O2. The van der Waals surface area contributed by atoms with Gasteiger partial charge in [-0.25, -0.2) is 14.8 Å². The summed E-state index contributed by atoms with van der Waals surface area (Å²) in [4.78, 5) is 19.8. The second-order valence-corrected chi connectivity index (χ2v) is 6.30. The maximum atomic E-state index is 11.1. The molecule has 0 bridgehead atoms. The molecule has 0 saturated carbocycles. The van der Waals surface area contributed by atoms with Crippen LogP contribution in [0.5, 0.6) is 0 Å². The van der Waals surface area contributed by atoms with E-state index in [9.17, 15) is 4.79 Å². The molecule has 0 radical (unpaired) electrons. The van der Waals surface area contributed by atoms with Crippen molar-refractivity contribution in [2.75, 3.05) is 5.32 Å². The smallest absolute Gasteiger partial charge is 0.337 e. The lowest BCUT2D eigenvalue weighted by atomic mass is 10.2. The van der Waals surface area contributed by atoms with E-state index in [2.05, 4.69) is 31.2 Å². The van der Waals surface area contributed by atoms with Crippen molar-refractivity contribution in [1.29, 1.82) is 0 Å². The number of carbonyl (C=O) groups is 1. The van der Waals surface area contributed by atoms with Gasteiger partial charge in [-0.15, -0.1) is 0 Å². The fourth-order valence-corrected chi connectivity index (χ4v) is 2.71. The molecule has 3 aromatic rings. The highest BCUT2D eigenvalue weighted by atomic mass is 79.9. The Morgan fingerprint density at radius 3 is 2.79 bits per heavy atom. The molecule has 0 fully saturated rings. The molecular weight excluding hydrogens is 372 g/mol. The van der Waals surface area contributed by atoms with Gasteiger partial charge in [0.2, 0.25) is 5.95 Å². The summed E-state index contributed by atoms with van der Waals surface area (Å²) in [6.07, 6.45) is 3.21. The molecule has 0 saturated heterocycles. The summed E-state index contributed by atoms with van der Waals surface area (Å²) in [5.74, 6) is -0.513. The fourth-order valence-electron chi connectivity index (χ4n) is 2.35. The maximum Gasteiger partial charge on any atom is 0.337 e. The second-order valence-electron chi connectivity index (χ2n) is 5.38. The minimum atomic E-state index is -0.964. The van der Waals surface area contributed by atoms with Crippen molar-refractivity contribution < 1.29 is 9.90 Å². The molecule has 0 unspecified atom stereocenters. The van der Waals surface area contributed by atoms with Crippen LogP contribution in [0.3, 0.4) is 0 Å². The first-order valence-electron chi connectivity index (χ1n) is 7.20. The normalized spacial score (nSPS) is 10.6. The summed E-state index contributed by atoms with van der Waals surface area (Å²) in [7, 11) is 1.79. The minimum absolute atomic E-state index is 0.225. The first kappa shape index (κ1) is 16.2. The zero-order valence-electron chi connectivity index (χ0n) is 13.1. The SMILES string of the molecule is Cc1ccc(Br)cc1Nc1nccc(-c2cc(C(=O)O)cn2C)n1. The number of hydrogen-bond acceptors (Lipinski definition) is 4. The van der Waals surface area contributed by atoms with E-state index in [1.165, 1.54) is 0 Å². The molecule has 24 heavy (non-hydrogen) atoms. The minimum Gasteiger partial charge on any atom is -0.478 e. The van der Waals surface area contributed by atoms with E-state index >= 15 is 0 Å². The molecule has 2 heterocycles. The summed E-state index contributed by atoms with van der Waals surface area (Å²) in [6, 6.07) is 9.26. The van der Waals surface area contributed by atoms with Gasteiger partial charge in [-0.3, -0.25) is 0 Å². The molecule has 0 aliphatic heterocycles. The highest BCUT2D eigenvalue weighted by Crippen LogP contribution is 2.25. The van der Waals surface area contributed by atoms with Gasteiger partial charge < -0.3 is 15.0 Å². The maximum absolute atomic E-state index is 11.1. The molecule has 0 atom stereocenters. The van der Waals surface area contributed by atoms with Crippen LogP contribution in [0.4, 0.5) is 11.6 Å². The lowest BCUT2D eigenvalue weighted by Gasteiger charge is -2.10. The molecule has 0 spiro atoms. The number of carboxylic acids is 1.